The van der Waals surface area contributed by atoms with Crippen molar-refractivity contribution in [1.29, 1.82) is 0 Å². The molecule has 0 unspecified atom stereocenters. The fourth-order valence-electron chi connectivity index (χ4n) is 4.27. The van der Waals surface area contributed by atoms with E-state index in [9.17, 15) is 4.79 Å². The van der Waals surface area contributed by atoms with Crippen LogP contribution in [0, 0.1) is 5.92 Å². The molecular weight excluding hydrogens is 342 g/mol. The number of hydrogen-bond donors (Lipinski definition) is 0. The molecule has 1 aliphatic rings. The van der Waals surface area contributed by atoms with Gasteiger partial charge in [-0.3, -0.25) is 4.79 Å². The molecule has 0 N–H and O–H groups in total. The van der Waals surface area contributed by atoms with Crippen LogP contribution >= 0.6 is 0 Å². The van der Waals surface area contributed by atoms with Crippen molar-refractivity contribution in [3.8, 4) is 0 Å². The summed E-state index contributed by atoms with van der Waals surface area (Å²) in [5.41, 5.74) is 5.16. The van der Waals surface area contributed by atoms with Gasteiger partial charge in [-0.25, -0.2) is 4.58 Å². The molecule has 0 spiro atoms. The predicted molar refractivity (Wildman–Crippen MR) is 114 cm³/mol. The van der Waals surface area contributed by atoms with Crippen molar-refractivity contribution in [3.63, 3.8) is 0 Å². The maximum Gasteiger partial charge on any atom is 0.210 e. The van der Waals surface area contributed by atoms with Gasteiger partial charge in [0.15, 0.2) is 12.3 Å². The zero-order valence-electron chi connectivity index (χ0n) is 16.1. The van der Waals surface area contributed by atoms with E-state index < -0.39 is 0 Å². The van der Waals surface area contributed by atoms with Crippen LogP contribution in [0.5, 0.6) is 0 Å². The molecule has 0 saturated heterocycles. The molecule has 3 aromatic rings. The molecule has 4 rings (SSSR count). The highest BCUT2D eigenvalue weighted by atomic mass is 16.1. The SMILES string of the molecule is C=C1C(c2ccccc2)=[N+](C)C[C@@H](C(=O)c2ccccc2)[C@@H]1c1ccccc1. The molecule has 2 nitrogen and oxygen atoms in total. The number of nitrogens with zero attached hydrogens (tertiary/aromatic N) is 1. The van der Waals surface area contributed by atoms with Crippen LogP contribution in [-0.4, -0.2) is 29.7 Å². The highest BCUT2D eigenvalue weighted by Crippen LogP contribution is 2.38. The Kier molecular flexibility index (Phi) is 5.03. The van der Waals surface area contributed by atoms with E-state index in [1.807, 2.05) is 66.7 Å². The molecule has 0 amide bonds. The standard InChI is InChI=1S/C26H24NO/c1-19-24(20-12-6-3-7-13-20)23(26(28)22-16-10-5-11-17-22)18-27(2)25(19)21-14-8-4-9-15-21/h3-17,23-24H,1,18H2,2H3/q+1/t23-,24+/m1/s1. The molecule has 2 atom stereocenters. The maximum atomic E-state index is 13.4. The number of rotatable bonds is 4. The second-order valence-corrected chi connectivity index (χ2v) is 7.35. The lowest BCUT2D eigenvalue weighted by molar-refractivity contribution is -0.505. The van der Waals surface area contributed by atoms with E-state index in [1.165, 1.54) is 0 Å². The zero-order chi connectivity index (χ0) is 19.5. The monoisotopic (exact) mass is 366 g/mol. The van der Waals surface area contributed by atoms with E-state index in [-0.39, 0.29) is 17.6 Å². The smallest absolute Gasteiger partial charge is 0.210 e. The molecular formula is C26H24NO+. The Morgan fingerprint density at radius 3 is 2.00 bits per heavy atom. The summed E-state index contributed by atoms with van der Waals surface area (Å²) in [5, 5.41) is 0. The summed E-state index contributed by atoms with van der Waals surface area (Å²) in [4.78, 5) is 13.4. The summed E-state index contributed by atoms with van der Waals surface area (Å²) < 4.78 is 2.18. The third-order valence-corrected chi connectivity index (χ3v) is 5.54. The summed E-state index contributed by atoms with van der Waals surface area (Å²) in [6, 6.07) is 30.2. The quantitative estimate of drug-likeness (QED) is 0.471. The third-order valence-electron chi connectivity index (χ3n) is 5.54. The number of hydrogen-bond acceptors (Lipinski definition) is 1. The average molecular weight is 366 g/mol. The number of Topliss-reactive ketones (excluding diaryl/α,β-unsaturated/α-hetero) is 1. The minimum atomic E-state index is -0.172. The number of allylic oxidation sites excluding steroid dienone is 1. The van der Waals surface area contributed by atoms with Crippen LogP contribution < -0.4 is 0 Å². The molecule has 2 heteroatoms. The summed E-state index contributed by atoms with van der Waals surface area (Å²) in [7, 11) is 2.06. The Bertz CT molecular complexity index is 1020. The Labute approximate surface area is 166 Å². The van der Waals surface area contributed by atoms with Gasteiger partial charge in [0.2, 0.25) is 5.71 Å². The van der Waals surface area contributed by atoms with E-state index in [0.29, 0.717) is 6.54 Å². The molecule has 0 bridgehead atoms. The first-order valence-electron chi connectivity index (χ1n) is 9.63. The normalized spacial score (nSPS) is 19.5. The molecule has 3 aromatic carbocycles. The van der Waals surface area contributed by atoms with Crippen molar-refractivity contribution in [3.05, 3.63) is 120 Å². The van der Waals surface area contributed by atoms with Crippen molar-refractivity contribution in [2.75, 3.05) is 13.6 Å². The average Bonchev–Trinajstić information content (AvgIpc) is 2.75. The van der Waals surface area contributed by atoms with Crippen LogP contribution in [0.4, 0.5) is 0 Å². The second kappa shape index (κ2) is 7.77. The minimum absolute atomic E-state index is 0.0414. The number of ketones is 1. The van der Waals surface area contributed by atoms with Gasteiger partial charge in [0, 0.05) is 22.6 Å². The lowest BCUT2D eigenvalue weighted by atomic mass is 9.73. The summed E-state index contributed by atoms with van der Waals surface area (Å²) in [5.74, 6) is -0.0374. The summed E-state index contributed by atoms with van der Waals surface area (Å²) in [6.45, 7) is 5.14. The van der Waals surface area contributed by atoms with Gasteiger partial charge in [0.25, 0.3) is 0 Å². The lowest BCUT2D eigenvalue weighted by Gasteiger charge is -2.31. The van der Waals surface area contributed by atoms with Crippen LogP contribution in [0.3, 0.4) is 0 Å². The van der Waals surface area contributed by atoms with Crippen LogP contribution in [0.2, 0.25) is 0 Å². The minimum Gasteiger partial charge on any atom is -0.294 e. The summed E-state index contributed by atoms with van der Waals surface area (Å²) >= 11 is 0. The van der Waals surface area contributed by atoms with Crippen LogP contribution in [0.25, 0.3) is 0 Å². The first-order chi connectivity index (χ1) is 13.7. The van der Waals surface area contributed by atoms with Gasteiger partial charge in [-0.15, -0.1) is 0 Å². The number of carbonyl (C=O) groups excluding carboxylic acids is 1. The van der Waals surface area contributed by atoms with Crippen LogP contribution in [-0.2, 0) is 0 Å². The van der Waals surface area contributed by atoms with Crippen molar-refractivity contribution in [2.24, 2.45) is 5.92 Å². The van der Waals surface area contributed by atoms with Gasteiger partial charge < -0.3 is 0 Å². The molecule has 0 aliphatic carbocycles. The highest BCUT2D eigenvalue weighted by Gasteiger charge is 2.42. The van der Waals surface area contributed by atoms with Crippen LogP contribution in [0.1, 0.15) is 27.4 Å². The fourth-order valence-corrected chi connectivity index (χ4v) is 4.27. The molecule has 0 saturated carbocycles. The van der Waals surface area contributed by atoms with Crippen molar-refractivity contribution < 1.29 is 9.37 Å². The molecule has 28 heavy (non-hydrogen) atoms. The van der Waals surface area contributed by atoms with Gasteiger partial charge >= 0.3 is 0 Å². The van der Waals surface area contributed by atoms with E-state index in [4.69, 9.17) is 0 Å². The topological polar surface area (TPSA) is 20.1 Å². The van der Waals surface area contributed by atoms with E-state index in [1.54, 1.807) is 0 Å². The summed E-state index contributed by atoms with van der Waals surface area (Å²) in [6.07, 6.45) is 0. The number of carbonyl (C=O) groups is 1. The van der Waals surface area contributed by atoms with Gasteiger partial charge in [0.1, 0.15) is 7.05 Å². The highest BCUT2D eigenvalue weighted by molar-refractivity contribution is 6.11. The lowest BCUT2D eigenvalue weighted by Crippen LogP contribution is -2.41. The van der Waals surface area contributed by atoms with Gasteiger partial charge in [-0.05, 0) is 17.7 Å². The fraction of sp³-hybridized carbons (Fsp3) is 0.154. The predicted octanol–water partition coefficient (Wildman–Crippen LogP) is 4.97. The van der Waals surface area contributed by atoms with Crippen molar-refractivity contribution in [1.82, 2.24) is 0 Å². The van der Waals surface area contributed by atoms with Gasteiger partial charge in [-0.2, -0.15) is 0 Å². The van der Waals surface area contributed by atoms with E-state index >= 15 is 0 Å². The first-order valence-corrected chi connectivity index (χ1v) is 9.63. The van der Waals surface area contributed by atoms with Crippen LogP contribution in [0.15, 0.2) is 103 Å². The molecule has 0 fully saturated rings. The molecule has 1 heterocycles. The Morgan fingerprint density at radius 2 is 1.39 bits per heavy atom. The van der Waals surface area contributed by atoms with Crippen molar-refractivity contribution >= 4 is 11.5 Å². The first kappa shape index (κ1) is 18.1. The van der Waals surface area contributed by atoms with Gasteiger partial charge in [0.05, 0.1) is 5.92 Å². The van der Waals surface area contributed by atoms with Crippen molar-refractivity contribution in [2.45, 2.75) is 5.92 Å². The van der Waals surface area contributed by atoms with E-state index in [0.717, 1.165) is 28.0 Å². The van der Waals surface area contributed by atoms with E-state index in [2.05, 4.69) is 42.5 Å². The Balaban J connectivity index is 1.83. The second-order valence-electron chi connectivity index (χ2n) is 7.35. The molecule has 0 radical (unpaired) electrons. The largest absolute Gasteiger partial charge is 0.294 e. The van der Waals surface area contributed by atoms with Gasteiger partial charge in [-0.1, -0.05) is 85.4 Å². The zero-order valence-corrected chi connectivity index (χ0v) is 16.1. The third kappa shape index (κ3) is 3.34. The molecule has 138 valence electrons. The molecule has 1 aliphatic heterocycles. The Hall–Kier alpha value is -3.26. The number of benzene rings is 3. The Morgan fingerprint density at radius 1 is 0.857 bits per heavy atom. The maximum absolute atomic E-state index is 13.4. The molecule has 0 aromatic heterocycles.